The molecule has 3 rings (SSSR count). The fourth-order valence-electron chi connectivity index (χ4n) is 1.84. The summed E-state index contributed by atoms with van der Waals surface area (Å²) >= 11 is 1.27. The van der Waals surface area contributed by atoms with Crippen LogP contribution in [0.3, 0.4) is 0 Å². The van der Waals surface area contributed by atoms with E-state index in [9.17, 15) is 5.11 Å². The zero-order valence-corrected chi connectivity index (χ0v) is 11.6. The van der Waals surface area contributed by atoms with Gasteiger partial charge in [0, 0.05) is 5.56 Å². The monoisotopic (exact) mass is 284 g/mol. The van der Waals surface area contributed by atoms with Crippen LogP contribution in [0.4, 0.5) is 0 Å². The van der Waals surface area contributed by atoms with Gasteiger partial charge in [0.2, 0.25) is 0 Å². The summed E-state index contributed by atoms with van der Waals surface area (Å²) in [5.41, 5.74) is 1.62. The molecule has 0 bridgehead atoms. The van der Waals surface area contributed by atoms with Crippen molar-refractivity contribution in [3.8, 4) is 33.5 Å². The largest absolute Gasteiger partial charge is 0.507 e. The van der Waals surface area contributed by atoms with E-state index < -0.39 is 0 Å². The normalized spacial score (nSPS) is 10.4. The summed E-state index contributed by atoms with van der Waals surface area (Å²) in [7, 11) is 1.63. The van der Waals surface area contributed by atoms with Gasteiger partial charge in [-0.2, -0.15) is 4.37 Å². The van der Waals surface area contributed by atoms with Crippen LogP contribution in [0, 0.1) is 0 Å². The highest BCUT2D eigenvalue weighted by atomic mass is 32.1. The maximum Gasteiger partial charge on any atom is 0.173 e. The third kappa shape index (κ3) is 2.35. The Kier molecular flexibility index (Phi) is 3.35. The number of hydrogen-bond donors (Lipinski definition) is 1. The van der Waals surface area contributed by atoms with Crippen molar-refractivity contribution in [1.29, 1.82) is 0 Å². The van der Waals surface area contributed by atoms with Crippen LogP contribution in [0.2, 0.25) is 0 Å². The van der Waals surface area contributed by atoms with Gasteiger partial charge in [-0.3, -0.25) is 0 Å². The van der Waals surface area contributed by atoms with Crippen LogP contribution < -0.4 is 4.74 Å². The molecule has 1 aromatic heterocycles. The third-order valence-corrected chi connectivity index (χ3v) is 3.66. The standard InChI is InChI=1S/C15H12N2O2S/c1-19-11-8-6-10(7-9-11)14-16-15(20-17-14)12-4-2-3-5-13(12)18/h2-9,18H,1H3. The summed E-state index contributed by atoms with van der Waals surface area (Å²) in [6.45, 7) is 0. The minimum absolute atomic E-state index is 0.213. The van der Waals surface area contributed by atoms with Crippen molar-refractivity contribution in [2.24, 2.45) is 0 Å². The lowest BCUT2D eigenvalue weighted by Gasteiger charge is -2.00. The summed E-state index contributed by atoms with van der Waals surface area (Å²) in [5, 5.41) is 10.5. The quantitative estimate of drug-likeness (QED) is 0.798. The Morgan fingerprint density at radius 1 is 1.05 bits per heavy atom. The first kappa shape index (κ1) is 12.6. The average molecular weight is 284 g/mol. The molecular weight excluding hydrogens is 272 g/mol. The molecule has 2 aromatic carbocycles. The number of benzene rings is 2. The van der Waals surface area contributed by atoms with Crippen molar-refractivity contribution in [2.75, 3.05) is 7.11 Å². The molecule has 0 saturated carbocycles. The van der Waals surface area contributed by atoms with E-state index in [4.69, 9.17) is 4.74 Å². The van der Waals surface area contributed by atoms with Crippen molar-refractivity contribution < 1.29 is 9.84 Å². The molecule has 20 heavy (non-hydrogen) atoms. The van der Waals surface area contributed by atoms with Gasteiger partial charge in [0.05, 0.1) is 12.7 Å². The molecule has 3 aromatic rings. The van der Waals surface area contributed by atoms with Gasteiger partial charge >= 0.3 is 0 Å². The zero-order chi connectivity index (χ0) is 13.9. The maximum absolute atomic E-state index is 9.83. The molecule has 1 heterocycles. The SMILES string of the molecule is COc1ccc(-c2nsc(-c3ccccc3O)n2)cc1. The summed E-state index contributed by atoms with van der Waals surface area (Å²) in [4.78, 5) is 4.47. The summed E-state index contributed by atoms with van der Waals surface area (Å²) in [6.07, 6.45) is 0. The minimum atomic E-state index is 0.213. The number of phenolic OH excluding ortho intramolecular Hbond substituents is 1. The van der Waals surface area contributed by atoms with E-state index in [0.717, 1.165) is 11.3 Å². The zero-order valence-electron chi connectivity index (χ0n) is 10.8. The van der Waals surface area contributed by atoms with Gasteiger partial charge in [0.25, 0.3) is 0 Å². The number of aromatic nitrogens is 2. The van der Waals surface area contributed by atoms with E-state index in [2.05, 4.69) is 9.36 Å². The van der Waals surface area contributed by atoms with Crippen LogP contribution in [-0.4, -0.2) is 21.6 Å². The Bertz CT molecular complexity index is 723. The van der Waals surface area contributed by atoms with Crippen LogP contribution in [0.25, 0.3) is 22.0 Å². The van der Waals surface area contributed by atoms with Crippen molar-refractivity contribution in [1.82, 2.24) is 9.36 Å². The highest BCUT2D eigenvalue weighted by Crippen LogP contribution is 2.32. The predicted molar refractivity (Wildman–Crippen MR) is 79.0 cm³/mol. The fourth-order valence-corrected chi connectivity index (χ4v) is 2.56. The van der Waals surface area contributed by atoms with Gasteiger partial charge in [-0.25, -0.2) is 4.98 Å². The molecule has 0 atom stereocenters. The van der Waals surface area contributed by atoms with Crippen LogP contribution in [0.15, 0.2) is 48.5 Å². The highest BCUT2D eigenvalue weighted by Gasteiger charge is 2.11. The summed E-state index contributed by atoms with van der Waals surface area (Å²) in [6, 6.07) is 14.7. The smallest absolute Gasteiger partial charge is 0.173 e. The number of nitrogens with zero attached hydrogens (tertiary/aromatic N) is 2. The molecule has 0 amide bonds. The van der Waals surface area contributed by atoms with Crippen molar-refractivity contribution in [3.63, 3.8) is 0 Å². The van der Waals surface area contributed by atoms with Gasteiger partial charge in [0.1, 0.15) is 16.5 Å². The second-order valence-electron chi connectivity index (χ2n) is 4.17. The van der Waals surface area contributed by atoms with Crippen molar-refractivity contribution >= 4 is 11.5 Å². The van der Waals surface area contributed by atoms with Gasteiger partial charge < -0.3 is 9.84 Å². The molecule has 0 saturated heterocycles. The summed E-state index contributed by atoms with van der Waals surface area (Å²) < 4.78 is 9.46. The van der Waals surface area contributed by atoms with Gasteiger partial charge in [-0.15, -0.1) is 0 Å². The maximum atomic E-state index is 9.83. The molecule has 0 aliphatic rings. The molecule has 5 heteroatoms. The van der Waals surface area contributed by atoms with E-state index in [1.54, 1.807) is 19.2 Å². The molecule has 0 aliphatic carbocycles. The third-order valence-electron chi connectivity index (χ3n) is 2.91. The van der Waals surface area contributed by atoms with E-state index in [1.165, 1.54) is 11.5 Å². The first-order valence-corrected chi connectivity index (χ1v) is 6.82. The van der Waals surface area contributed by atoms with Crippen LogP contribution in [0.5, 0.6) is 11.5 Å². The van der Waals surface area contributed by atoms with E-state index in [0.29, 0.717) is 16.4 Å². The van der Waals surface area contributed by atoms with Gasteiger partial charge in [0.15, 0.2) is 5.82 Å². The Hall–Kier alpha value is -2.40. The van der Waals surface area contributed by atoms with Gasteiger partial charge in [-0.05, 0) is 47.9 Å². The van der Waals surface area contributed by atoms with Crippen LogP contribution in [0.1, 0.15) is 0 Å². The van der Waals surface area contributed by atoms with Crippen LogP contribution in [-0.2, 0) is 0 Å². The predicted octanol–water partition coefficient (Wildman–Crippen LogP) is 3.59. The Morgan fingerprint density at radius 2 is 1.80 bits per heavy atom. The fraction of sp³-hybridized carbons (Fsp3) is 0.0667. The lowest BCUT2D eigenvalue weighted by Crippen LogP contribution is -1.84. The molecule has 0 fully saturated rings. The molecule has 4 nitrogen and oxygen atoms in total. The number of methoxy groups -OCH3 is 1. The first-order valence-electron chi connectivity index (χ1n) is 6.04. The molecule has 0 aliphatic heterocycles. The van der Waals surface area contributed by atoms with Crippen molar-refractivity contribution in [3.05, 3.63) is 48.5 Å². The van der Waals surface area contributed by atoms with E-state index in [-0.39, 0.29) is 5.75 Å². The average Bonchev–Trinajstić information content (AvgIpc) is 2.97. The molecule has 1 N–H and O–H groups in total. The Morgan fingerprint density at radius 3 is 2.50 bits per heavy atom. The topological polar surface area (TPSA) is 55.2 Å². The number of aromatic hydroxyl groups is 1. The Labute approximate surface area is 120 Å². The molecular formula is C15H12N2O2S. The number of rotatable bonds is 3. The second kappa shape index (κ2) is 5.30. The van der Waals surface area contributed by atoms with E-state index >= 15 is 0 Å². The number of para-hydroxylation sites is 1. The number of ether oxygens (including phenoxy) is 1. The first-order chi connectivity index (χ1) is 9.78. The summed E-state index contributed by atoms with van der Waals surface area (Å²) in [5.74, 6) is 1.66. The molecule has 0 unspecified atom stereocenters. The highest BCUT2D eigenvalue weighted by molar-refractivity contribution is 7.09. The number of phenols is 1. The number of hydrogen-bond acceptors (Lipinski definition) is 5. The van der Waals surface area contributed by atoms with Gasteiger partial charge in [-0.1, -0.05) is 12.1 Å². The molecule has 0 spiro atoms. The van der Waals surface area contributed by atoms with Crippen LogP contribution >= 0.6 is 11.5 Å². The lowest BCUT2D eigenvalue weighted by atomic mass is 10.2. The molecule has 100 valence electrons. The lowest BCUT2D eigenvalue weighted by molar-refractivity contribution is 0.415. The second-order valence-corrected chi connectivity index (χ2v) is 4.92. The minimum Gasteiger partial charge on any atom is -0.507 e. The van der Waals surface area contributed by atoms with E-state index in [1.807, 2.05) is 36.4 Å². The van der Waals surface area contributed by atoms with Crippen molar-refractivity contribution in [2.45, 2.75) is 0 Å². The molecule has 0 radical (unpaired) electrons. The Balaban J connectivity index is 1.95.